The fourth-order valence-electron chi connectivity index (χ4n) is 2.16. The minimum Gasteiger partial charge on any atom is -0.481 e. The van der Waals surface area contributed by atoms with E-state index in [-0.39, 0.29) is 12.5 Å². The molecule has 118 valence electrons. The second kappa shape index (κ2) is 7.42. The maximum Gasteiger partial charge on any atom is 0.263 e. The maximum atomic E-state index is 12.4. The Kier molecular flexibility index (Phi) is 5.57. The lowest BCUT2D eigenvalue weighted by Gasteiger charge is -2.21. The average Bonchev–Trinajstić information content (AvgIpc) is 2.91. The number of hydrogen-bond donors (Lipinski definition) is 1. The van der Waals surface area contributed by atoms with Gasteiger partial charge >= 0.3 is 0 Å². The number of thiophene rings is 1. The lowest BCUT2D eigenvalue weighted by Crippen LogP contribution is -2.37. The number of nitrogens with zero attached hydrogens (tertiary/aromatic N) is 1. The molecule has 1 N–H and O–H groups in total. The average molecular weight is 319 g/mol. The molecule has 1 unspecified atom stereocenters. The minimum absolute atomic E-state index is 0.0445. The number of ether oxygens (including phenoxy) is 1. The van der Waals surface area contributed by atoms with E-state index in [1.54, 1.807) is 48.4 Å². The minimum atomic E-state index is -0.569. The second-order valence-corrected chi connectivity index (χ2v) is 6.64. The van der Waals surface area contributed by atoms with Gasteiger partial charge in [0, 0.05) is 16.8 Å². The topological polar surface area (TPSA) is 49.8 Å². The van der Waals surface area contributed by atoms with Gasteiger partial charge in [0.1, 0.15) is 5.75 Å². The molecule has 0 fully saturated rings. The molecule has 1 amide bonds. The zero-order valence-electron chi connectivity index (χ0n) is 13.1. The fraction of sp³-hybridized carbons (Fsp3) is 0.353. The van der Waals surface area contributed by atoms with E-state index in [0.717, 1.165) is 10.4 Å². The van der Waals surface area contributed by atoms with Gasteiger partial charge < -0.3 is 14.7 Å². The van der Waals surface area contributed by atoms with Crippen molar-refractivity contribution >= 4 is 17.2 Å². The predicted octanol–water partition coefficient (Wildman–Crippen LogP) is 2.97. The Hall–Kier alpha value is -1.85. The second-order valence-electron chi connectivity index (χ2n) is 5.27. The summed E-state index contributed by atoms with van der Waals surface area (Å²) in [7, 11) is 1.78. The quantitative estimate of drug-likeness (QED) is 0.890. The van der Waals surface area contributed by atoms with Crippen LogP contribution in [0.1, 0.15) is 22.2 Å². The highest BCUT2D eigenvalue weighted by molar-refractivity contribution is 7.11. The van der Waals surface area contributed by atoms with Gasteiger partial charge in [-0.2, -0.15) is 0 Å². The number of benzene rings is 1. The number of aliphatic hydroxyl groups is 1. The predicted molar refractivity (Wildman–Crippen MR) is 88.0 cm³/mol. The Morgan fingerprint density at radius 1 is 1.36 bits per heavy atom. The monoisotopic (exact) mass is 319 g/mol. The van der Waals surface area contributed by atoms with Crippen molar-refractivity contribution in [2.75, 3.05) is 7.05 Å². The molecular weight excluding hydrogens is 298 g/mol. The lowest BCUT2D eigenvalue weighted by molar-refractivity contribution is -0.137. The summed E-state index contributed by atoms with van der Waals surface area (Å²) >= 11 is 1.69. The summed E-state index contributed by atoms with van der Waals surface area (Å²) in [6.45, 7) is 4.33. The first-order chi connectivity index (χ1) is 10.5. The van der Waals surface area contributed by atoms with E-state index in [2.05, 4.69) is 13.0 Å². The standard InChI is InChI=1S/C17H21NO3S/c1-12-7-8-16(22-12)10-18(3)17(20)13(2)21-15-6-4-5-14(9-15)11-19/h4-9,13,19H,10-11H2,1-3H3. The summed E-state index contributed by atoms with van der Waals surface area (Å²) in [5, 5.41) is 9.13. The van der Waals surface area contributed by atoms with Crippen molar-refractivity contribution in [2.24, 2.45) is 0 Å². The van der Waals surface area contributed by atoms with Gasteiger partial charge in [0.05, 0.1) is 13.2 Å². The van der Waals surface area contributed by atoms with Crippen LogP contribution < -0.4 is 4.74 Å². The van der Waals surface area contributed by atoms with Crippen LogP contribution in [0.4, 0.5) is 0 Å². The number of rotatable bonds is 6. The number of carbonyl (C=O) groups is 1. The van der Waals surface area contributed by atoms with Gasteiger partial charge in [-0.25, -0.2) is 0 Å². The summed E-state index contributed by atoms with van der Waals surface area (Å²) in [5.41, 5.74) is 0.763. The smallest absolute Gasteiger partial charge is 0.263 e. The molecule has 1 atom stereocenters. The van der Waals surface area contributed by atoms with Crippen molar-refractivity contribution in [3.63, 3.8) is 0 Å². The largest absolute Gasteiger partial charge is 0.481 e. The van der Waals surface area contributed by atoms with Crippen LogP contribution in [0.5, 0.6) is 5.75 Å². The van der Waals surface area contributed by atoms with Crippen LogP contribution in [-0.4, -0.2) is 29.1 Å². The molecule has 5 heteroatoms. The van der Waals surface area contributed by atoms with Gasteiger partial charge in [0.2, 0.25) is 0 Å². The Balaban J connectivity index is 1.95. The summed E-state index contributed by atoms with van der Waals surface area (Å²) in [6, 6.07) is 11.2. The van der Waals surface area contributed by atoms with Gasteiger partial charge in [0.25, 0.3) is 5.91 Å². The van der Waals surface area contributed by atoms with Crippen LogP contribution in [0, 0.1) is 6.92 Å². The van der Waals surface area contributed by atoms with E-state index < -0.39 is 6.10 Å². The molecule has 0 saturated heterocycles. The molecule has 2 aromatic rings. The molecule has 0 aliphatic carbocycles. The van der Waals surface area contributed by atoms with Crippen LogP contribution in [0.15, 0.2) is 36.4 Å². The summed E-state index contributed by atoms with van der Waals surface area (Å²) < 4.78 is 5.68. The van der Waals surface area contributed by atoms with Crippen LogP contribution >= 0.6 is 11.3 Å². The van der Waals surface area contributed by atoms with Gasteiger partial charge in [-0.15, -0.1) is 11.3 Å². The first-order valence-electron chi connectivity index (χ1n) is 7.16. The molecule has 0 saturated carbocycles. The molecule has 1 aromatic heterocycles. The Morgan fingerprint density at radius 2 is 2.14 bits per heavy atom. The highest BCUT2D eigenvalue weighted by Gasteiger charge is 2.19. The van der Waals surface area contributed by atoms with Gasteiger partial charge in [-0.3, -0.25) is 4.79 Å². The first kappa shape index (κ1) is 16.5. The van der Waals surface area contributed by atoms with E-state index in [0.29, 0.717) is 12.3 Å². The van der Waals surface area contributed by atoms with Crippen LogP contribution in [0.25, 0.3) is 0 Å². The van der Waals surface area contributed by atoms with Crippen molar-refractivity contribution < 1.29 is 14.6 Å². The summed E-state index contributed by atoms with van der Waals surface area (Å²) in [4.78, 5) is 16.4. The third-order valence-corrected chi connectivity index (χ3v) is 4.29. The van der Waals surface area contributed by atoms with E-state index in [1.165, 1.54) is 4.88 Å². The number of hydrogen-bond acceptors (Lipinski definition) is 4. The number of aryl methyl sites for hydroxylation is 1. The number of carbonyl (C=O) groups excluding carboxylic acids is 1. The van der Waals surface area contributed by atoms with Crippen molar-refractivity contribution in [3.8, 4) is 5.75 Å². The maximum absolute atomic E-state index is 12.4. The Bertz CT molecular complexity index is 638. The Morgan fingerprint density at radius 3 is 2.77 bits per heavy atom. The zero-order valence-corrected chi connectivity index (χ0v) is 13.9. The Labute approximate surface area is 135 Å². The molecule has 22 heavy (non-hydrogen) atoms. The highest BCUT2D eigenvalue weighted by Crippen LogP contribution is 2.18. The lowest BCUT2D eigenvalue weighted by atomic mass is 10.2. The summed E-state index contributed by atoms with van der Waals surface area (Å²) in [5.74, 6) is 0.522. The molecule has 0 aliphatic rings. The molecule has 4 nitrogen and oxygen atoms in total. The zero-order chi connectivity index (χ0) is 16.1. The number of amides is 1. The number of aliphatic hydroxyl groups excluding tert-OH is 1. The molecule has 1 heterocycles. The van der Waals surface area contributed by atoms with E-state index >= 15 is 0 Å². The van der Waals surface area contributed by atoms with Crippen molar-refractivity contribution in [3.05, 3.63) is 51.7 Å². The molecule has 2 rings (SSSR count). The third kappa shape index (κ3) is 4.32. The van der Waals surface area contributed by atoms with Crippen LogP contribution in [0.2, 0.25) is 0 Å². The SMILES string of the molecule is Cc1ccc(CN(C)C(=O)C(C)Oc2cccc(CO)c2)s1. The van der Waals surface area contributed by atoms with Gasteiger partial charge in [-0.05, 0) is 43.7 Å². The fourth-order valence-corrected chi connectivity index (χ4v) is 3.11. The molecule has 1 aromatic carbocycles. The van der Waals surface area contributed by atoms with E-state index in [4.69, 9.17) is 9.84 Å². The van der Waals surface area contributed by atoms with Crippen molar-refractivity contribution in [2.45, 2.75) is 33.1 Å². The van der Waals surface area contributed by atoms with Gasteiger partial charge in [-0.1, -0.05) is 12.1 Å². The molecular formula is C17H21NO3S. The van der Waals surface area contributed by atoms with Crippen LogP contribution in [-0.2, 0) is 17.9 Å². The normalized spacial score (nSPS) is 12.0. The molecule has 0 radical (unpaired) electrons. The van der Waals surface area contributed by atoms with Gasteiger partial charge in [0.15, 0.2) is 6.10 Å². The van der Waals surface area contributed by atoms with Crippen molar-refractivity contribution in [1.29, 1.82) is 0 Å². The molecule has 0 aliphatic heterocycles. The summed E-state index contributed by atoms with van der Waals surface area (Å²) in [6.07, 6.45) is -0.569. The number of likely N-dealkylation sites (N-methyl/N-ethyl adjacent to an activating group) is 1. The highest BCUT2D eigenvalue weighted by atomic mass is 32.1. The molecule has 0 bridgehead atoms. The third-order valence-electron chi connectivity index (χ3n) is 3.31. The van der Waals surface area contributed by atoms with Crippen LogP contribution in [0.3, 0.4) is 0 Å². The van der Waals surface area contributed by atoms with Crippen molar-refractivity contribution in [1.82, 2.24) is 4.90 Å². The first-order valence-corrected chi connectivity index (χ1v) is 7.98. The molecule has 0 spiro atoms. The van der Waals surface area contributed by atoms with E-state index in [9.17, 15) is 4.79 Å². The van der Waals surface area contributed by atoms with E-state index in [1.807, 2.05) is 12.1 Å².